The lowest BCUT2D eigenvalue weighted by Crippen LogP contribution is -2.10. The van der Waals surface area contributed by atoms with E-state index in [1.54, 1.807) is 7.05 Å². The Hall–Kier alpha value is -2.24. The van der Waals surface area contributed by atoms with Crippen molar-refractivity contribution in [3.8, 4) is 0 Å². The fourth-order valence-corrected chi connectivity index (χ4v) is 1.36. The van der Waals surface area contributed by atoms with Crippen molar-refractivity contribution in [3.05, 3.63) is 41.5 Å². The first-order chi connectivity index (χ1) is 7.59. The summed E-state index contributed by atoms with van der Waals surface area (Å²) in [5.41, 5.74) is 6.22. The Bertz CT molecular complexity index is 550. The summed E-state index contributed by atoms with van der Waals surface area (Å²) in [5, 5.41) is 7.20. The number of nitrogen functional groups attached to an aromatic ring is 1. The lowest BCUT2D eigenvalue weighted by atomic mass is 10.1. The molecule has 0 aliphatic heterocycles. The third kappa shape index (κ3) is 1.65. The molecule has 16 heavy (non-hydrogen) atoms. The van der Waals surface area contributed by atoms with Crippen LogP contribution in [0.4, 0.5) is 10.1 Å². The summed E-state index contributed by atoms with van der Waals surface area (Å²) in [7, 11) is 1.58. The zero-order chi connectivity index (χ0) is 11.7. The largest absolute Gasteiger partial charge is 0.398 e. The van der Waals surface area contributed by atoms with Crippen LogP contribution < -0.4 is 5.73 Å². The molecule has 1 heterocycles. The van der Waals surface area contributed by atoms with Gasteiger partial charge in [0.2, 0.25) is 5.78 Å². The third-order valence-corrected chi connectivity index (χ3v) is 2.21. The van der Waals surface area contributed by atoms with E-state index in [1.165, 1.54) is 23.0 Å². The fourth-order valence-electron chi connectivity index (χ4n) is 1.36. The van der Waals surface area contributed by atoms with Crippen molar-refractivity contribution in [2.45, 2.75) is 0 Å². The number of benzene rings is 1. The summed E-state index contributed by atoms with van der Waals surface area (Å²) in [5.74, 6) is -0.905. The Balaban J connectivity index is 2.49. The first kappa shape index (κ1) is 10.3. The van der Waals surface area contributed by atoms with Crippen LogP contribution in [-0.4, -0.2) is 20.8 Å². The molecule has 0 amide bonds. The number of carbonyl (C=O) groups is 1. The van der Waals surface area contributed by atoms with Gasteiger partial charge in [0.05, 0.1) is 11.8 Å². The van der Waals surface area contributed by atoms with Gasteiger partial charge in [-0.3, -0.25) is 4.79 Å². The normalized spacial score (nSPS) is 10.4. The lowest BCUT2D eigenvalue weighted by Gasteiger charge is -2.04. The minimum Gasteiger partial charge on any atom is -0.398 e. The molecule has 5 nitrogen and oxygen atoms in total. The van der Waals surface area contributed by atoms with E-state index < -0.39 is 11.6 Å². The molecule has 0 aliphatic rings. The van der Waals surface area contributed by atoms with Gasteiger partial charge < -0.3 is 5.73 Å². The number of nitrogens with zero attached hydrogens (tertiary/aromatic N) is 3. The van der Waals surface area contributed by atoms with Crippen molar-refractivity contribution in [2.24, 2.45) is 7.05 Å². The summed E-state index contributed by atoms with van der Waals surface area (Å²) in [6, 6.07) is 3.66. The van der Waals surface area contributed by atoms with Crippen molar-refractivity contribution >= 4 is 11.5 Å². The number of halogens is 1. The molecule has 0 bridgehead atoms. The van der Waals surface area contributed by atoms with Crippen LogP contribution in [0.3, 0.4) is 0 Å². The molecule has 2 aromatic rings. The third-order valence-electron chi connectivity index (χ3n) is 2.21. The van der Waals surface area contributed by atoms with Gasteiger partial charge >= 0.3 is 0 Å². The van der Waals surface area contributed by atoms with Crippen molar-refractivity contribution < 1.29 is 9.18 Å². The van der Waals surface area contributed by atoms with Gasteiger partial charge in [0, 0.05) is 12.7 Å². The Morgan fingerprint density at radius 3 is 2.88 bits per heavy atom. The molecule has 0 atom stereocenters. The highest BCUT2D eigenvalue weighted by Gasteiger charge is 2.16. The SMILES string of the molecule is Cn1nncc1C(=O)c1cc(F)ccc1N. The van der Waals surface area contributed by atoms with Gasteiger partial charge in [0.25, 0.3) is 0 Å². The van der Waals surface area contributed by atoms with Gasteiger partial charge in [-0.2, -0.15) is 0 Å². The van der Waals surface area contributed by atoms with Crippen LogP contribution in [0.1, 0.15) is 16.1 Å². The summed E-state index contributed by atoms with van der Waals surface area (Å²) in [6.07, 6.45) is 1.31. The summed E-state index contributed by atoms with van der Waals surface area (Å²) in [6.45, 7) is 0. The first-order valence-electron chi connectivity index (χ1n) is 4.54. The summed E-state index contributed by atoms with van der Waals surface area (Å²) >= 11 is 0. The molecular formula is C10H9FN4O. The monoisotopic (exact) mass is 220 g/mol. The Labute approximate surface area is 90.7 Å². The number of rotatable bonds is 2. The number of anilines is 1. The maximum absolute atomic E-state index is 13.0. The molecule has 2 rings (SSSR count). The van der Waals surface area contributed by atoms with Crippen molar-refractivity contribution in [1.82, 2.24) is 15.0 Å². The molecule has 0 fully saturated rings. The van der Waals surface area contributed by atoms with Crippen LogP contribution in [0.5, 0.6) is 0 Å². The molecule has 82 valence electrons. The highest BCUT2D eigenvalue weighted by atomic mass is 19.1. The second kappa shape index (κ2) is 3.73. The average molecular weight is 220 g/mol. The molecule has 0 saturated heterocycles. The Morgan fingerprint density at radius 1 is 1.50 bits per heavy atom. The van der Waals surface area contributed by atoms with E-state index in [4.69, 9.17) is 5.73 Å². The number of nitrogens with two attached hydrogens (primary N) is 1. The van der Waals surface area contributed by atoms with E-state index in [2.05, 4.69) is 10.3 Å². The minimum absolute atomic E-state index is 0.116. The van der Waals surface area contributed by atoms with E-state index in [9.17, 15) is 9.18 Å². The average Bonchev–Trinajstić information content (AvgIpc) is 2.67. The molecule has 6 heteroatoms. The number of hydrogen-bond acceptors (Lipinski definition) is 4. The van der Waals surface area contributed by atoms with Crippen LogP contribution in [0.2, 0.25) is 0 Å². The number of ketones is 1. The van der Waals surface area contributed by atoms with E-state index in [0.717, 1.165) is 6.07 Å². The van der Waals surface area contributed by atoms with Crippen molar-refractivity contribution in [3.63, 3.8) is 0 Å². The number of aryl methyl sites for hydroxylation is 1. The molecule has 1 aromatic carbocycles. The molecule has 0 radical (unpaired) electrons. The second-order valence-electron chi connectivity index (χ2n) is 3.30. The zero-order valence-electron chi connectivity index (χ0n) is 8.51. The first-order valence-corrected chi connectivity index (χ1v) is 4.54. The van der Waals surface area contributed by atoms with Crippen LogP contribution in [0.15, 0.2) is 24.4 Å². The standard InChI is InChI=1S/C10H9FN4O/c1-15-9(5-13-14-15)10(16)7-4-6(11)2-3-8(7)12/h2-5H,12H2,1H3. The molecule has 0 spiro atoms. The van der Waals surface area contributed by atoms with Gasteiger partial charge in [-0.15, -0.1) is 5.10 Å². The Kier molecular flexibility index (Phi) is 2.40. The highest BCUT2D eigenvalue weighted by Crippen LogP contribution is 2.17. The van der Waals surface area contributed by atoms with E-state index in [1.807, 2.05) is 0 Å². The molecular weight excluding hydrogens is 211 g/mol. The molecule has 0 aliphatic carbocycles. The van der Waals surface area contributed by atoms with Crippen LogP contribution in [0.25, 0.3) is 0 Å². The quantitative estimate of drug-likeness (QED) is 0.599. The summed E-state index contributed by atoms with van der Waals surface area (Å²) in [4.78, 5) is 12.0. The number of aromatic nitrogens is 3. The zero-order valence-corrected chi connectivity index (χ0v) is 8.51. The van der Waals surface area contributed by atoms with Crippen LogP contribution in [-0.2, 0) is 7.05 Å². The van der Waals surface area contributed by atoms with Gasteiger partial charge in [-0.05, 0) is 18.2 Å². The van der Waals surface area contributed by atoms with E-state index >= 15 is 0 Å². The minimum atomic E-state index is -0.507. The molecule has 0 saturated carbocycles. The Morgan fingerprint density at radius 2 is 2.25 bits per heavy atom. The van der Waals surface area contributed by atoms with E-state index in [0.29, 0.717) is 0 Å². The molecule has 0 unspecified atom stereocenters. The predicted molar refractivity (Wildman–Crippen MR) is 55.2 cm³/mol. The smallest absolute Gasteiger partial charge is 0.214 e. The topological polar surface area (TPSA) is 73.8 Å². The van der Waals surface area contributed by atoms with Crippen LogP contribution in [0, 0.1) is 5.82 Å². The van der Waals surface area contributed by atoms with E-state index in [-0.39, 0.29) is 16.9 Å². The number of hydrogen-bond donors (Lipinski definition) is 1. The summed E-state index contributed by atoms with van der Waals surface area (Å²) < 4.78 is 14.3. The maximum Gasteiger partial charge on any atom is 0.214 e. The van der Waals surface area contributed by atoms with Gasteiger partial charge in [-0.25, -0.2) is 9.07 Å². The maximum atomic E-state index is 13.0. The molecule has 1 aromatic heterocycles. The molecule has 2 N–H and O–H groups in total. The predicted octanol–water partition coefficient (Wildman–Crippen LogP) is 0.767. The number of carbonyl (C=O) groups excluding carboxylic acids is 1. The van der Waals surface area contributed by atoms with Crippen molar-refractivity contribution in [1.29, 1.82) is 0 Å². The highest BCUT2D eigenvalue weighted by molar-refractivity contribution is 6.10. The second-order valence-corrected chi connectivity index (χ2v) is 3.30. The van der Waals surface area contributed by atoms with Gasteiger partial charge in [0.15, 0.2) is 0 Å². The van der Waals surface area contributed by atoms with Gasteiger partial charge in [0.1, 0.15) is 11.5 Å². The van der Waals surface area contributed by atoms with Gasteiger partial charge in [-0.1, -0.05) is 5.21 Å². The fraction of sp³-hybridized carbons (Fsp3) is 0.100. The van der Waals surface area contributed by atoms with Crippen LogP contribution >= 0.6 is 0 Å². The lowest BCUT2D eigenvalue weighted by molar-refractivity contribution is 0.103. The van der Waals surface area contributed by atoms with Crippen molar-refractivity contribution in [2.75, 3.05) is 5.73 Å².